The smallest absolute Gasteiger partial charge is 0.271 e. The summed E-state index contributed by atoms with van der Waals surface area (Å²) in [5, 5.41) is 3.18. The lowest BCUT2D eigenvalue weighted by Gasteiger charge is -2.08. The van der Waals surface area contributed by atoms with Crippen molar-refractivity contribution in [1.29, 1.82) is 0 Å². The van der Waals surface area contributed by atoms with Gasteiger partial charge in [0.2, 0.25) is 0 Å². The number of sulfonamides is 1. The van der Waals surface area contributed by atoms with Crippen molar-refractivity contribution >= 4 is 43.0 Å². The lowest BCUT2D eigenvalue weighted by atomic mass is 10.2. The molecule has 2 rings (SSSR count). The molecule has 0 amide bonds. The number of aryl methyl sites for hydroxylation is 1. The minimum atomic E-state index is -3.54. The van der Waals surface area contributed by atoms with E-state index in [2.05, 4.69) is 26.0 Å². The van der Waals surface area contributed by atoms with Gasteiger partial charge in [-0.1, -0.05) is 13.0 Å². The Labute approximate surface area is 137 Å². The maximum Gasteiger partial charge on any atom is 0.271 e. The van der Waals surface area contributed by atoms with Gasteiger partial charge in [0.25, 0.3) is 10.0 Å². The molecule has 4 nitrogen and oxygen atoms in total. The maximum atomic E-state index is 12.4. The average molecular weight is 389 g/mol. The second-order valence-corrected chi connectivity index (χ2v) is 8.52. The molecule has 2 aromatic rings. The van der Waals surface area contributed by atoms with Crippen LogP contribution >= 0.6 is 27.3 Å². The fraction of sp³-hybridized carbons (Fsp3) is 0.286. The third kappa shape index (κ3) is 4.29. The number of hydrogen-bond acceptors (Lipinski definition) is 4. The molecule has 114 valence electrons. The Bertz CT molecular complexity index is 726. The molecule has 0 radical (unpaired) electrons. The Kier molecular flexibility index (Phi) is 5.43. The lowest BCUT2D eigenvalue weighted by molar-refractivity contribution is 0.603. The van der Waals surface area contributed by atoms with Gasteiger partial charge in [0.15, 0.2) is 0 Å². The quantitative estimate of drug-likeness (QED) is 0.792. The fourth-order valence-electron chi connectivity index (χ4n) is 1.74. The summed E-state index contributed by atoms with van der Waals surface area (Å²) in [5.41, 5.74) is 1.61. The normalized spacial score (nSPS) is 11.6. The Hall–Kier alpha value is -0.890. The van der Waals surface area contributed by atoms with Crippen LogP contribution in [0.5, 0.6) is 0 Å². The molecule has 0 spiro atoms. The first kappa shape index (κ1) is 16.5. The molecule has 0 atom stereocenters. The summed E-state index contributed by atoms with van der Waals surface area (Å²) in [7, 11) is -3.54. The van der Waals surface area contributed by atoms with Gasteiger partial charge in [-0.15, -0.1) is 11.3 Å². The zero-order valence-corrected chi connectivity index (χ0v) is 15.0. The topological polar surface area (TPSA) is 58.2 Å². The highest BCUT2D eigenvalue weighted by atomic mass is 79.9. The highest BCUT2D eigenvalue weighted by Gasteiger charge is 2.18. The molecular weight excluding hydrogens is 372 g/mol. The van der Waals surface area contributed by atoms with Gasteiger partial charge in [-0.05, 0) is 59.2 Å². The summed E-state index contributed by atoms with van der Waals surface area (Å²) in [6.45, 7) is 5.51. The first-order valence-electron chi connectivity index (χ1n) is 6.51. The number of nitrogens with one attached hydrogen (secondary N) is 2. The summed E-state index contributed by atoms with van der Waals surface area (Å²) in [4.78, 5) is 1.00. The second kappa shape index (κ2) is 6.91. The van der Waals surface area contributed by atoms with Crippen LogP contribution in [0.15, 0.2) is 39.0 Å². The van der Waals surface area contributed by atoms with Crippen LogP contribution in [0.25, 0.3) is 0 Å². The van der Waals surface area contributed by atoms with Crippen LogP contribution in [-0.4, -0.2) is 15.0 Å². The van der Waals surface area contributed by atoms with Crippen LogP contribution in [0.2, 0.25) is 0 Å². The van der Waals surface area contributed by atoms with Gasteiger partial charge in [0.1, 0.15) is 4.21 Å². The molecule has 2 N–H and O–H groups in total. The molecular formula is C14H17BrN2O2S2. The van der Waals surface area contributed by atoms with Crippen LogP contribution in [0.1, 0.15) is 17.4 Å². The minimum absolute atomic E-state index is 0.322. The zero-order chi connectivity index (χ0) is 15.5. The van der Waals surface area contributed by atoms with E-state index in [1.807, 2.05) is 32.0 Å². The Morgan fingerprint density at radius 3 is 2.67 bits per heavy atom. The van der Waals surface area contributed by atoms with Crippen LogP contribution in [0.4, 0.5) is 5.69 Å². The van der Waals surface area contributed by atoms with Gasteiger partial charge in [0.05, 0.1) is 5.69 Å². The molecule has 1 aromatic heterocycles. The van der Waals surface area contributed by atoms with Gasteiger partial charge in [-0.3, -0.25) is 4.72 Å². The molecule has 7 heteroatoms. The summed E-state index contributed by atoms with van der Waals surface area (Å²) in [6.07, 6.45) is 0. The Morgan fingerprint density at radius 1 is 1.24 bits per heavy atom. The Morgan fingerprint density at radius 2 is 2.00 bits per heavy atom. The second-order valence-electron chi connectivity index (χ2n) is 4.59. The van der Waals surface area contributed by atoms with E-state index in [1.54, 1.807) is 12.1 Å². The number of anilines is 1. The number of hydrogen-bond donors (Lipinski definition) is 2. The van der Waals surface area contributed by atoms with Crippen molar-refractivity contribution in [3.05, 3.63) is 45.2 Å². The van der Waals surface area contributed by atoms with Crippen molar-refractivity contribution in [3.63, 3.8) is 0 Å². The third-order valence-electron chi connectivity index (χ3n) is 2.82. The molecule has 1 aromatic carbocycles. The van der Waals surface area contributed by atoms with E-state index in [1.165, 1.54) is 11.3 Å². The first-order chi connectivity index (χ1) is 9.92. The molecule has 1 heterocycles. The van der Waals surface area contributed by atoms with Crippen LogP contribution in [0, 0.1) is 6.92 Å². The third-order valence-corrected chi connectivity index (χ3v) is 6.42. The fourth-order valence-corrected chi connectivity index (χ4v) is 4.87. The van der Waals surface area contributed by atoms with E-state index in [9.17, 15) is 8.42 Å². The molecule has 0 bridgehead atoms. The van der Waals surface area contributed by atoms with Crippen LogP contribution in [-0.2, 0) is 16.6 Å². The van der Waals surface area contributed by atoms with E-state index in [4.69, 9.17) is 0 Å². The molecule has 0 aliphatic rings. The van der Waals surface area contributed by atoms with Crippen molar-refractivity contribution in [1.82, 2.24) is 5.32 Å². The monoisotopic (exact) mass is 388 g/mol. The molecule has 0 aliphatic heterocycles. The largest absolute Gasteiger partial charge is 0.312 e. The van der Waals surface area contributed by atoms with E-state index in [0.717, 1.165) is 21.5 Å². The highest BCUT2D eigenvalue weighted by molar-refractivity contribution is 9.10. The summed E-state index contributed by atoms with van der Waals surface area (Å²) < 4.78 is 28.4. The van der Waals surface area contributed by atoms with Gasteiger partial charge < -0.3 is 5.32 Å². The zero-order valence-electron chi connectivity index (χ0n) is 11.8. The van der Waals surface area contributed by atoms with Crippen molar-refractivity contribution in [2.45, 2.75) is 24.6 Å². The summed E-state index contributed by atoms with van der Waals surface area (Å²) in [5.74, 6) is 0. The highest BCUT2D eigenvalue weighted by Crippen LogP contribution is 2.28. The predicted octanol–water partition coefficient (Wildman–Crippen LogP) is 3.73. The molecule has 0 saturated heterocycles. The van der Waals surface area contributed by atoms with Crippen LogP contribution < -0.4 is 10.0 Å². The van der Waals surface area contributed by atoms with E-state index in [0.29, 0.717) is 16.4 Å². The molecule has 0 aliphatic carbocycles. The minimum Gasteiger partial charge on any atom is -0.312 e. The average Bonchev–Trinajstić information content (AvgIpc) is 2.89. The molecule has 0 saturated carbocycles. The van der Waals surface area contributed by atoms with Crippen molar-refractivity contribution < 1.29 is 8.42 Å². The van der Waals surface area contributed by atoms with E-state index >= 15 is 0 Å². The maximum absolute atomic E-state index is 12.4. The number of thiophene rings is 1. The molecule has 21 heavy (non-hydrogen) atoms. The van der Waals surface area contributed by atoms with Crippen molar-refractivity contribution in [2.75, 3.05) is 11.3 Å². The van der Waals surface area contributed by atoms with Gasteiger partial charge in [0, 0.05) is 15.9 Å². The van der Waals surface area contributed by atoms with E-state index < -0.39 is 10.0 Å². The van der Waals surface area contributed by atoms with Crippen molar-refractivity contribution in [2.24, 2.45) is 0 Å². The molecule has 0 fully saturated rings. The predicted molar refractivity (Wildman–Crippen MR) is 91.4 cm³/mol. The SMILES string of the molecule is CCNCc1ccc(S(=O)(=O)Nc2ccc(C)cc2Br)s1. The first-order valence-corrected chi connectivity index (χ1v) is 9.60. The Balaban J connectivity index is 2.19. The summed E-state index contributed by atoms with van der Waals surface area (Å²) in [6, 6.07) is 8.98. The van der Waals surface area contributed by atoms with E-state index in [-0.39, 0.29) is 0 Å². The van der Waals surface area contributed by atoms with Gasteiger partial charge in [-0.2, -0.15) is 0 Å². The molecule has 0 unspecified atom stereocenters. The van der Waals surface area contributed by atoms with Crippen molar-refractivity contribution in [3.8, 4) is 0 Å². The standard InChI is InChI=1S/C14H17BrN2O2S2/c1-3-16-9-11-5-7-14(20-11)21(18,19)17-13-6-4-10(2)8-12(13)15/h4-8,16-17H,3,9H2,1-2H3. The van der Waals surface area contributed by atoms with Crippen LogP contribution in [0.3, 0.4) is 0 Å². The number of halogens is 1. The number of benzene rings is 1. The lowest BCUT2D eigenvalue weighted by Crippen LogP contribution is -2.12. The van der Waals surface area contributed by atoms with Gasteiger partial charge in [-0.25, -0.2) is 8.42 Å². The van der Waals surface area contributed by atoms with Gasteiger partial charge >= 0.3 is 0 Å². The summed E-state index contributed by atoms with van der Waals surface area (Å²) >= 11 is 4.66. The number of rotatable bonds is 6.